The molecule has 0 N–H and O–H groups in total. The van der Waals surface area contributed by atoms with E-state index in [1.165, 1.54) is 18.4 Å². The van der Waals surface area contributed by atoms with Crippen molar-refractivity contribution in [3.05, 3.63) is 35.9 Å². The fourth-order valence-electron chi connectivity index (χ4n) is 0.933. The van der Waals surface area contributed by atoms with Gasteiger partial charge in [0.1, 0.15) is 0 Å². The Kier molecular flexibility index (Phi) is 5.49. The van der Waals surface area contributed by atoms with Gasteiger partial charge in [-0.1, -0.05) is 43.7 Å². The maximum atomic E-state index is 2.20. The van der Waals surface area contributed by atoms with Crippen LogP contribution < -0.4 is 0 Å². The van der Waals surface area contributed by atoms with Gasteiger partial charge in [0.25, 0.3) is 0 Å². The molecule has 0 unspecified atom stereocenters. The predicted molar refractivity (Wildman–Crippen MR) is 47.6 cm³/mol. The molecular weight excluding hydrogens is 115 g/mol. The third-order valence-electron chi connectivity index (χ3n) is 1.38. The summed E-state index contributed by atoms with van der Waals surface area (Å²) in [6, 6.07) is 10.6. The van der Waals surface area contributed by atoms with Gasteiger partial charge in [0.2, 0.25) is 0 Å². The molecule has 0 nitrogen and oxygen atoms in total. The summed E-state index contributed by atoms with van der Waals surface area (Å²) in [7, 11) is 0. The van der Waals surface area contributed by atoms with E-state index in [1.807, 2.05) is 0 Å². The van der Waals surface area contributed by atoms with Crippen LogP contribution in [0.1, 0.15) is 18.9 Å². The van der Waals surface area contributed by atoms with E-state index in [2.05, 4.69) is 37.3 Å². The third kappa shape index (κ3) is 3.10. The van der Waals surface area contributed by atoms with Gasteiger partial charge in [0.05, 0.1) is 0 Å². The third-order valence-corrected chi connectivity index (χ3v) is 1.38. The van der Waals surface area contributed by atoms with Crippen molar-refractivity contribution in [1.82, 2.24) is 0 Å². The quantitative estimate of drug-likeness (QED) is 0.534. The Balaban J connectivity index is 0.000000810. The predicted octanol–water partition coefficient (Wildman–Crippen LogP) is 1.99. The maximum absolute atomic E-state index is 2.20. The van der Waals surface area contributed by atoms with Crippen LogP contribution in [0, 0.1) is 0 Å². The van der Waals surface area contributed by atoms with Crippen molar-refractivity contribution in [3.63, 3.8) is 0 Å². The zero-order valence-corrected chi connectivity index (χ0v) is 5.80. The number of benzene rings is 1. The number of hydrogen-bond donors (Lipinski definition) is 0. The summed E-state index contributed by atoms with van der Waals surface area (Å²) in [5.74, 6) is 0. The van der Waals surface area contributed by atoms with E-state index < -0.39 is 0 Å². The van der Waals surface area contributed by atoms with E-state index in [0.717, 1.165) is 0 Å². The molecule has 0 spiro atoms. The van der Waals surface area contributed by atoms with Crippen LogP contribution in [0.5, 0.6) is 0 Å². The van der Waals surface area contributed by atoms with Crippen LogP contribution in [0.2, 0.25) is 0 Å². The van der Waals surface area contributed by atoms with E-state index in [4.69, 9.17) is 0 Å². The molecular formula is C9H13Li. The summed E-state index contributed by atoms with van der Waals surface area (Å²) >= 11 is 0. The zero-order chi connectivity index (χ0) is 6.53. The molecule has 0 aromatic heterocycles. The first-order chi connectivity index (χ1) is 4.43. The van der Waals surface area contributed by atoms with Crippen molar-refractivity contribution < 1.29 is 0 Å². The molecule has 0 heterocycles. The average Bonchev–Trinajstić information content (AvgIpc) is 1.91. The average molecular weight is 128 g/mol. The molecule has 0 aliphatic heterocycles. The second kappa shape index (κ2) is 5.59. The van der Waals surface area contributed by atoms with Crippen molar-refractivity contribution in [2.24, 2.45) is 0 Å². The van der Waals surface area contributed by atoms with Crippen LogP contribution in [0.3, 0.4) is 0 Å². The summed E-state index contributed by atoms with van der Waals surface area (Å²) in [6.07, 6.45) is 2.45. The van der Waals surface area contributed by atoms with Crippen LogP contribution in [-0.4, -0.2) is 18.9 Å². The van der Waals surface area contributed by atoms with E-state index in [9.17, 15) is 0 Å². The van der Waals surface area contributed by atoms with Gasteiger partial charge < -0.3 is 0 Å². The van der Waals surface area contributed by atoms with Gasteiger partial charge in [-0.05, 0) is 12.0 Å². The summed E-state index contributed by atoms with van der Waals surface area (Å²) in [5, 5.41) is 0. The Morgan fingerprint density at radius 2 is 1.70 bits per heavy atom. The molecule has 0 aliphatic rings. The molecule has 0 bridgehead atoms. The fourth-order valence-corrected chi connectivity index (χ4v) is 0.933. The van der Waals surface area contributed by atoms with Gasteiger partial charge in [-0.2, -0.15) is 0 Å². The zero-order valence-electron chi connectivity index (χ0n) is 5.80. The number of aryl methyl sites for hydroxylation is 1. The van der Waals surface area contributed by atoms with Gasteiger partial charge in [-0.15, -0.1) is 0 Å². The summed E-state index contributed by atoms with van der Waals surface area (Å²) in [5.41, 5.74) is 1.44. The summed E-state index contributed by atoms with van der Waals surface area (Å²) < 4.78 is 0. The minimum atomic E-state index is 0. The number of hydrogen-bond acceptors (Lipinski definition) is 0. The first-order valence-corrected chi connectivity index (χ1v) is 3.47. The summed E-state index contributed by atoms with van der Waals surface area (Å²) in [4.78, 5) is 0. The Morgan fingerprint density at radius 1 is 1.10 bits per heavy atom. The Morgan fingerprint density at radius 3 is 2.20 bits per heavy atom. The van der Waals surface area contributed by atoms with Gasteiger partial charge >= 0.3 is 18.9 Å². The molecule has 0 aliphatic carbocycles. The van der Waals surface area contributed by atoms with Gasteiger partial charge in [0.15, 0.2) is 0 Å². The Hall–Kier alpha value is -0.183. The van der Waals surface area contributed by atoms with Crippen LogP contribution in [0.4, 0.5) is 0 Å². The molecule has 1 heteroatoms. The van der Waals surface area contributed by atoms with Crippen LogP contribution >= 0.6 is 0 Å². The molecule has 1 rings (SSSR count). The van der Waals surface area contributed by atoms with Crippen molar-refractivity contribution in [2.75, 3.05) is 0 Å². The first-order valence-electron chi connectivity index (χ1n) is 3.47. The standard InChI is InChI=1S/C9H12.Li.H/c1-2-6-9-7-4-3-5-8-9;;/h3-5,7-8H,2,6H2,1H3;;. The first kappa shape index (κ1) is 9.82. The van der Waals surface area contributed by atoms with Crippen molar-refractivity contribution in [3.8, 4) is 0 Å². The van der Waals surface area contributed by atoms with Crippen molar-refractivity contribution in [1.29, 1.82) is 0 Å². The molecule has 1 aromatic rings. The molecule has 0 saturated heterocycles. The Labute approximate surface area is 74.8 Å². The van der Waals surface area contributed by atoms with Crippen LogP contribution in [0.15, 0.2) is 30.3 Å². The molecule has 0 radical (unpaired) electrons. The van der Waals surface area contributed by atoms with E-state index in [1.54, 1.807) is 0 Å². The van der Waals surface area contributed by atoms with Gasteiger partial charge in [-0.25, -0.2) is 0 Å². The molecule has 0 fully saturated rings. The van der Waals surface area contributed by atoms with E-state index in [-0.39, 0.29) is 18.9 Å². The van der Waals surface area contributed by atoms with Crippen molar-refractivity contribution >= 4 is 18.9 Å². The molecule has 0 saturated carbocycles. The normalized spacial score (nSPS) is 8.50. The SMILES string of the molecule is CCCc1ccccc1.[LiH]. The van der Waals surface area contributed by atoms with Crippen LogP contribution in [0.25, 0.3) is 0 Å². The van der Waals surface area contributed by atoms with E-state index >= 15 is 0 Å². The summed E-state index contributed by atoms with van der Waals surface area (Å²) in [6.45, 7) is 2.20. The van der Waals surface area contributed by atoms with Crippen LogP contribution in [-0.2, 0) is 6.42 Å². The molecule has 1 aromatic carbocycles. The van der Waals surface area contributed by atoms with Crippen molar-refractivity contribution in [2.45, 2.75) is 19.8 Å². The monoisotopic (exact) mass is 128 g/mol. The second-order valence-corrected chi connectivity index (χ2v) is 2.24. The second-order valence-electron chi connectivity index (χ2n) is 2.24. The van der Waals surface area contributed by atoms with E-state index in [0.29, 0.717) is 0 Å². The van der Waals surface area contributed by atoms with Gasteiger partial charge in [-0.3, -0.25) is 0 Å². The number of rotatable bonds is 2. The molecule has 0 amide bonds. The molecule has 0 atom stereocenters. The van der Waals surface area contributed by atoms with Gasteiger partial charge in [0, 0.05) is 0 Å². The molecule has 10 heavy (non-hydrogen) atoms. The minimum absolute atomic E-state index is 0. The topological polar surface area (TPSA) is 0 Å². The fraction of sp³-hybridized carbons (Fsp3) is 0.333. The Bertz CT molecular complexity index is 158. The molecule has 50 valence electrons.